The molecule has 1 amide bonds. The van der Waals surface area contributed by atoms with E-state index < -0.39 is 0 Å². The highest BCUT2D eigenvalue weighted by Crippen LogP contribution is 2.21. The van der Waals surface area contributed by atoms with Gasteiger partial charge in [-0.15, -0.1) is 0 Å². The van der Waals surface area contributed by atoms with Crippen molar-refractivity contribution in [3.63, 3.8) is 0 Å². The van der Waals surface area contributed by atoms with Crippen LogP contribution in [0.3, 0.4) is 0 Å². The lowest BCUT2D eigenvalue weighted by Crippen LogP contribution is -3.00. The van der Waals surface area contributed by atoms with Gasteiger partial charge in [-0.2, -0.15) is 4.57 Å². The van der Waals surface area contributed by atoms with Crippen molar-refractivity contribution < 1.29 is 26.2 Å². The summed E-state index contributed by atoms with van der Waals surface area (Å²) >= 11 is 0. The Bertz CT molecular complexity index is 549. The summed E-state index contributed by atoms with van der Waals surface area (Å²) in [6.45, 7) is 5.16. The Balaban J connectivity index is 0.00000242. The fraction of sp³-hybridized carbons (Fsp3) is 0.412. The first kappa shape index (κ1) is 18.2. The van der Waals surface area contributed by atoms with Crippen molar-refractivity contribution in [2.75, 3.05) is 0 Å². The molecule has 0 aliphatic rings. The molecular weight excluding hydrogens is 300 g/mol. The largest absolute Gasteiger partial charge is 1.00 e. The predicted molar refractivity (Wildman–Crippen MR) is 80.5 cm³/mol. The van der Waals surface area contributed by atoms with Crippen molar-refractivity contribution in [3.05, 3.63) is 54.2 Å². The maximum atomic E-state index is 11.9. The van der Waals surface area contributed by atoms with E-state index in [1.54, 1.807) is 6.26 Å². The molecule has 0 aliphatic heterocycles. The molecule has 0 spiro atoms. The zero-order chi connectivity index (χ0) is 15.1. The minimum atomic E-state index is -0.0216. The first-order valence-corrected chi connectivity index (χ1v) is 7.51. The van der Waals surface area contributed by atoms with Gasteiger partial charge in [0.1, 0.15) is 5.76 Å². The summed E-state index contributed by atoms with van der Waals surface area (Å²) in [6, 6.07) is 7.87. The number of carbonyl (C=O) groups excluding carboxylic acids is 1. The number of carbonyl (C=O) groups is 1. The smallest absolute Gasteiger partial charge is 0.286 e. The zero-order valence-corrected chi connectivity index (χ0v) is 13.8. The van der Waals surface area contributed by atoms with Crippen molar-refractivity contribution >= 4 is 5.91 Å². The minimum Gasteiger partial charge on any atom is -1.00 e. The average Bonchev–Trinajstić information content (AvgIpc) is 3.01. The van der Waals surface area contributed by atoms with Gasteiger partial charge in [0.05, 0.1) is 12.8 Å². The molecule has 0 saturated heterocycles. The van der Waals surface area contributed by atoms with Gasteiger partial charge in [-0.25, -0.2) is 0 Å². The maximum Gasteiger partial charge on any atom is 0.286 e. The van der Waals surface area contributed by atoms with E-state index in [-0.39, 0.29) is 18.3 Å². The number of hydrogen-bond acceptors (Lipinski definition) is 2. The molecule has 5 heteroatoms. The number of amides is 1. The van der Waals surface area contributed by atoms with Gasteiger partial charge < -0.3 is 22.1 Å². The monoisotopic (exact) mass is 322 g/mol. The minimum absolute atomic E-state index is 0. The molecule has 120 valence electrons. The Kier molecular flexibility index (Phi) is 7.67. The molecule has 2 aromatic rings. The quantitative estimate of drug-likeness (QED) is 0.717. The molecule has 0 saturated carbocycles. The summed E-state index contributed by atoms with van der Waals surface area (Å²) in [7, 11) is 0. The third-order valence-corrected chi connectivity index (χ3v) is 3.74. The Morgan fingerprint density at radius 3 is 2.45 bits per heavy atom. The van der Waals surface area contributed by atoms with Gasteiger partial charge >= 0.3 is 0 Å². The molecule has 0 unspecified atom stereocenters. The Hall–Kier alpha value is -1.81. The molecular formula is C17H23ClN2O2. The average molecular weight is 323 g/mol. The molecule has 2 rings (SSSR count). The number of halogens is 1. The van der Waals surface area contributed by atoms with Gasteiger partial charge in [0.15, 0.2) is 12.4 Å². The van der Waals surface area contributed by atoms with E-state index in [0.717, 1.165) is 18.6 Å². The third kappa shape index (κ3) is 5.19. The molecule has 0 aliphatic carbocycles. The predicted octanol–water partition coefficient (Wildman–Crippen LogP) is -0.209. The second kappa shape index (κ2) is 9.26. The van der Waals surface area contributed by atoms with Crippen molar-refractivity contribution in [3.8, 4) is 0 Å². The Morgan fingerprint density at radius 2 is 1.91 bits per heavy atom. The molecule has 0 atom stereocenters. The zero-order valence-electron chi connectivity index (χ0n) is 13.1. The van der Waals surface area contributed by atoms with Crippen LogP contribution in [0.15, 0.2) is 47.3 Å². The molecule has 0 fully saturated rings. The number of furan rings is 1. The molecule has 0 aromatic carbocycles. The fourth-order valence-corrected chi connectivity index (χ4v) is 2.43. The van der Waals surface area contributed by atoms with Crippen molar-refractivity contribution in [2.45, 2.75) is 45.7 Å². The highest BCUT2D eigenvalue weighted by atomic mass is 35.5. The lowest BCUT2D eigenvalue weighted by atomic mass is 9.95. The van der Waals surface area contributed by atoms with E-state index in [0.29, 0.717) is 19.0 Å². The lowest BCUT2D eigenvalue weighted by molar-refractivity contribution is -0.684. The molecule has 2 aromatic heterocycles. The van der Waals surface area contributed by atoms with Crippen LogP contribution in [0.5, 0.6) is 0 Å². The fourth-order valence-electron chi connectivity index (χ4n) is 2.43. The normalized spacial score (nSPS) is 10.3. The highest BCUT2D eigenvalue weighted by molar-refractivity contribution is 5.74. The van der Waals surface area contributed by atoms with Crippen LogP contribution in [0.2, 0.25) is 0 Å². The highest BCUT2D eigenvalue weighted by Gasteiger charge is 2.12. The first-order valence-electron chi connectivity index (χ1n) is 7.51. The van der Waals surface area contributed by atoms with Crippen molar-refractivity contribution in [2.24, 2.45) is 0 Å². The molecule has 1 N–H and O–H groups in total. The summed E-state index contributed by atoms with van der Waals surface area (Å²) in [5.74, 6) is 1.34. The SMILES string of the molecule is CCC(CC)c1cc[n+](CC(=O)NCc2ccco2)cc1.[Cl-]. The third-order valence-electron chi connectivity index (χ3n) is 3.74. The van der Waals surface area contributed by atoms with E-state index in [1.165, 1.54) is 5.56 Å². The van der Waals surface area contributed by atoms with Gasteiger partial charge in [-0.05, 0) is 36.5 Å². The Morgan fingerprint density at radius 1 is 1.23 bits per heavy atom. The summed E-state index contributed by atoms with van der Waals surface area (Å²) in [5.41, 5.74) is 1.34. The van der Waals surface area contributed by atoms with E-state index in [9.17, 15) is 4.79 Å². The summed E-state index contributed by atoms with van der Waals surface area (Å²) < 4.78 is 7.07. The number of hydrogen-bond donors (Lipinski definition) is 1. The number of nitrogens with zero attached hydrogens (tertiary/aromatic N) is 1. The van der Waals surface area contributed by atoms with E-state index in [2.05, 4.69) is 31.3 Å². The van der Waals surface area contributed by atoms with Crippen LogP contribution in [0.1, 0.15) is 43.9 Å². The van der Waals surface area contributed by atoms with E-state index in [1.807, 2.05) is 29.1 Å². The van der Waals surface area contributed by atoms with Crippen LogP contribution in [-0.2, 0) is 17.9 Å². The van der Waals surface area contributed by atoms with E-state index in [4.69, 9.17) is 4.42 Å². The molecule has 22 heavy (non-hydrogen) atoms. The number of aromatic nitrogens is 1. The van der Waals surface area contributed by atoms with Crippen LogP contribution in [0, 0.1) is 0 Å². The molecule has 0 bridgehead atoms. The van der Waals surface area contributed by atoms with Crippen molar-refractivity contribution in [1.29, 1.82) is 0 Å². The number of pyridine rings is 1. The molecule has 4 nitrogen and oxygen atoms in total. The van der Waals surface area contributed by atoms with Crippen molar-refractivity contribution in [1.82, 2.24) is 5.32 Å². The maximum absolute atomic E-state index is 11.9. The lowest BCUT2D eigenvalue weighted by Gasteiger charge is -2.11. The first-order chi connectivity index (χ1) is 10.2. The number of rotatable bonds is 7. The van der Waals surface area contributed by atoms with Crippen LogP contribution < -0.4 is 22.3 Å². The van der Waals surface area contributed by atoms with Crippen LogP contribution in [-0.4, -0.2) is 5.91 Å². The van der Waals surface area contributed by atoms with Crippen LogP contribution in [0.25, 0.3) is 0 Å². The van der Waals surface area contributed by atoms with Gasteiger partial charge in [0.25, 0.3) is 5.91 Å². The molecule has 2 heterocycles. The topological polar surface area (TPSA) is 46.1 Å². The number of nitrogens with one attached hydrogen (secondary N) is 1. The summed E-state index contributed by atoms with van der Waals surface area (Å²) in [4.78, 5) is 11.9. The second-order valence-corrected chi connectivity index (χ2v) is 5.17. The summed E-state index contributed by atoms with van der Waals surface area (Å²) in [6.07, 6.45) is 7.83. The van der Waals surface area contributed by atoms with Crippen LogP contribution in [0.4, 0.5) is 0 Å². The van der Waals surface area contributed by atoms with E-state index >= 15 is 0 Å². The second-order valence-electron chi connectivity index (χ2n) is 5.17. The Labute approximate surface area is 137 Å². The van der Waals surface area contributed by atoms with Gasteiger partial charge in [-0.3, -0.25) is 4.79 Å². The van der Waals surface area contributed by atoms with Gasteiger partial charge in [-0.1, -0.05) is 13.8 Å². The van der Waals surface area contributed by atoms with Crippen LogP contribution >= 0.6 is 0 Å². The van der Waals surface area contributed by atoms with Gasteiger partial charge in [0.2, 0.25) is 6.54 Å². The standard InChI is InChI=1S/C17H22N2O2.ClH/c1-3-14(4-2)15-7-9-19(10-8-15)13-17(20)18-12-16-6-5-11-21-16;/h5-11,14H,3-4,12-13H2,1-2H3;1H. The molecule has 0 radical (unpaired) electrons. The summed E-state index contributed by atoms with van der Waals surface area (Å²) in [5, 5.41) is 2.84. The van der Waals surface area contributed by atoms with Gasteiger partial charge in [0, 0.05) is 12.1 Å².